The summed E-state index contributed by atoms with van der Waals surface area (Å²) in [4.78, 5) is 40.2. The Labute approximate surface area is 241 Å². The van der Waals surface area contributed by atoms with E-state index in [4.69, 9.17) is 9.47 Å². The average molecular weight is 555 g/mol. The van der Waals surface area contributed by atoms with Crippen LogP contribution < -0.4 is 10.1 Å². The SMILES string of the molecule is CC(=O)Oc1cccc([C@@]23CCN(CC4CC4)C[C@H]2C(OC(C)=O)C[C@H](NC(=O)c2ccc4ccccc4c2)C3)c1. The average Bonchev–Trinajstić information content (AvgIpc) is 3.76. The van der Waals surface area contributed by atoms with E-state index in [0.717, 1.165) is 54.7 Å². The predicted molar refractivity (Wildman–Crippen MR) is 157 cm³/mol. The van der Waals surface area contributed by atoms with Gasteiger partial charge in [-0.25, -0.2) is 0 Å². The molecule has 1 heterocycles. The number of nitrogens with zero attached hydrogens (tertiary/aromatic N) is 1. The molecule has 7 nitrogen and oxygen atoms in total. The van der Waals surface area contributed by atoms with Gasteiger partial charge in [0.1, 0.15) is 11.9 Å². The fourth-order valence-electron chi connectivity index (χ4n) is 7.18. The lowest BCUT2D eigenvalue weighted by Crippen LogP contribution is -2.61. The Morgan fingerprint density at radius 3 is 2.51 bits per heavy atom. The quantitative estimate of drug-likeness (QED) is 0.317. The molecule has 3 aliphatic rings. The molecule has 1 N–H and O–H groups in total. The van der Waals surface area contributed by atoms with Crippen molar-refractivity contribution in [3.8, 4) is 5.75 Å². The number of piperidine rings is 1. The van der Waals surface area contributed by atoms with E-state index in [9.17, 15) is 14.4 Å². The monoisotopic (exact) mass is 554 g/mol. The number of rotatable bonds is 7. The molecule has 2 aliphatic carbocycles. The van der Waals surface area contributed by atoms with E-state index in [1.54, 1.807) is 6.07 Å². The van der Waals surface area contributed by atoms with E-state index >= 15 is 0 Å². The zero-order valence-electron chi connectivity index (χ0n) is 23.8. The van der Waals surface area contributed by atoms with Gasteiger partial charge >= 0.3 is 11.9 Å². The zero-order valence-corrected chi connectivity index (χ0v) is 23.8. The first-order valence-electron chi connectivity index (χ1n) is 14.8. The van der Waals surface area contributed by atoms with Crippen LogP contribution in [0.15, 0.2) is 66.7 Å². The third-order valence-corrected chi connectivity index (χ3v) is 9.16. The van der Waals surface area contributed by atoms with Gasteiger partial charge in [0.05, 0.1) is 0 Å². The van der Waals surface area contributed by atoms with Gasteiger partial charge in [0.2, 0.25) is 0 Å². The van der Waals surface area contributed by atoms with Crippen LogP contribution in [0, 0.1) is 11.8 Å². The van der Waals surface area contributed by atoms with E-state index in [-0.39, 0.29) is 41.3 Å². The zero-order chi connectivity index (χ0) is 28.6. The maximum atomic E-state index is 13.6. The molecule has 0 radical (unpaired) electrons. The van der Waals surface area contributed by atoms with Crippen molar-refractivity contribution in [1.82, 2.24) is 10.2 Å². The Morgan fingerprint density at radius 1 is 0.951 bits per heavy atom. The van der Waals surface area contributed by atoms with Crippen LogP contribution in [0.2, 0.25) is 0 Å². The molecular formula is C34H38N2O5. The molecule has 1 aliphatic heterocycles. The number of likely N-dealkylation sites (tertiary alicyclic amines) is 1. The highest BCUT2D eigenvalue weighted by Gasteiger charge is 2.54. The van der Waals surface area contributed by atoms with Crippen molar-refractivity contribution in [3.05, 3.63) is 77.9 Å². The van der Waals surface area contributed by atoms with Gasteiger partial charge < -0.3 is 19.7 Å². The summed E-state index contributed by atoms with van der Waals surface area (Å²) in [7, 11) is 0. The maximum Gasteiger partial charge on any atom is 0.308 e. The number of esters is 2. The van der Waals surface area contributed by atoms with E-state index in [1.165, 1.54) is 26.7 Å². The highest BCUT2D eigenvalue weighted by Crippen LogP contribution is 2.51. The van der Waals surface area contributed by atoms with Crippen molar-refractivity contribution >= 4 is 28.6 Å². The highest BCUT2D eigenvalue weighted by atomic mass is 16.5. The van der Waals surface area contributed by atoms with Crippen molar-refractivity contribution < 1.29 is 23.9 Å². The second-order valence-corrected chi connectivity index (χ2v) is 12.2. The Balaban J connectivity index is 1.33. The largest absolute Gasteiger partial charge is 0.462 e. The van der Waals surface area contributed by atoms with Crippen LogP contribution in [-0.4, -0.2) is 54.5 Å². The number of carbonyl (C=O) groups is 3. The lowest BCUT2D eigenvalue weighted by molar-refractivity contribution is -0.157. The lowest BCUT2D eigenvalue weighted by atomic mass is 9.56. The maximum absolute atomic E-state index is 13.6. The van der Waals surface area contributed by atoms with Crippen molar-refractivity contribution in [3.63, 3.8) is 0 Å². The Hall–Kier alpha value is -3.71. The molecule has 4 atom stereocenters. The second kappa shape index (κ2) is 11.3. The topological polar surface area (TPSA) is 84.9 Å². The molecule has 3 aromatic carbocycles. The van der Waals surface area contributed by atoms with Gasteiger partial charge in [-0.3, -0.25) is 14.4 Å². The number of fused-ring (bicyclic) bond motifs is 2. The number of nitrogens with one attached hydrogen (secondary N) is 1. The highest BCUT2D eigenvalue weighted by molar-refractivity contribution is 5.98. The van der Waals surface area contributed by atoms with Crippen molar-refractivity contribution in [1.29, 1.82) is 0 Å². The predicted octanol–water partition coefficient (Wildman–Crippen LogP) is 5.26. The van der Waals surface area contributed by atoms with Gasteiger partial charge in [0.15, 0.2) is 0 Å². The molecule has 1 saturated heterocycles. The van der Waals surface area contributed by atoms with Crippen LogP contribution in [0.4, 0.5) is 0 Å². The van der Waals surface area contributed by atoms with Crippen molar-refractivity contribution in [2.75, 3.05) is 19.6 Å². The molecule has 0 aromatic heterocycles. The fourth-order valence-corrected chi connectivity index (χ4v) is 7.18. The molecule has 214 valence electrons. The molecule has 6 rings (SSSR count). The van der Waals surface area contributed by atoms with E-state index in [1.807, 2.05) is 54.6 Å². The number of hydrogen-bond acceptors (Lipinski definition) is 6. The molecule has 1 amide bonds. The van der Waals surface area contributed by atoms with E-state index in [2.05, 4.69) is 16.3 Å². The molecule has 2 saturated carbocycles. The van der Waals surface area contributed by atoms with Gasteiger partial charge in [-0.2, -0.15) is 0 Å². The first kappa shape index (κ1) is 27.5. The number of benzene rings is 3. The van der Waals surface area contributed by atoms with Crippen LogP contribution in [0.1, 0.15) is 61.9 Å². The third kappa shape index (κ3) is 6.01. The smallest absolute Gasteiger partial charge is 0.308 e. The Bertz CT molecular complexity index is 1470. The van der Waals surface area contributed by atoms with E-state index < -0.39 is 0 Å². The molecular weight excluding hydrogens is 516 g/mol. The van der Waals surface area contributed by atoms with Gasteiger partial charge in [-0.05, 0) is 78.7 Å². The fraction of sp³-hybridized carbons (Fsp3) is 0.441. The van der Waals surface area contributed by atoms with Gasteiger partial charge in [0.25, 0.3) is 5.91 Å². The standard InChI is InChI=1S/C34H38N2O5/c1-22(37)40-30-9-5-8-28(17-30)34-14-15-36(20-24-10-11-24)21-31(34)32(41-23(2)38)18-29(19-34)35-33(39)27-13-12-25-6-3-4-7-26(25)16-27/h3-9,12-13,16-17,24,29,31-32H,10-11,14-15,18-21H2,1-2H3,(H,35,39)/t29-,31-,32?,34-/m0/s1. The van der Waals surface area contributed by atoms with Gasteiger partial charge in [0, 0.05) is 56.3 Å². The molecule has 7 heteroatoms. The number of ether oxygens (including phenoxy) is 2. The Morgan fingerprint density at radius 2 is 1.76 bits per heavy atom. The molecule has 0 spiro atoms. The van der Waals surface area contributed by atoms with E-state index in [0.29, 0.717) is 17.7 Å². The summed E-state index contributed by atoms with van der Waals surface area (Å²) in [5, 5.41) is 5.41. The molecule has 3 fully saturated rings. The summed E-state index contributed by atoms with van der Waals surface area (Å²) in [6, 6.07) is 21.3. The van der Waals surface area contributed by atoms with Gasteiger partial charge in [-0.15, -0.1) is 0 Å². The summed E-state index contributed by atoms with van der Waals surface area (Å²) in [5.74, 6) is 0.529. The molecule has 0 bridgehead atoms. The second-order valence-electron chi connectivity index (χ2n) is 12.2. The number of carbonyl (C=O) groups excluding carboxylic acids is 3. The number of amides is 1. The Kier molecular flexibility index (Phi) is 7.56. The first-order valence-corrected chi connectivity index (χ1v) is 14.8. The van der Waals surface area contributed by atoms with Crippen LogP contribution in [-0.2, 0) is 19.7 Å². The van der Waals surface area contributed by atoms with Crippen molar-refractivity contribution in [2.45, 2.75) is 63.5 Å². The normalized spacial score (nSPS) is 26.1. The summed E-state index contributed by atoms with van der Waals surface area (Å²) in [5.41, 5.74) is 1.32. The minimum Gasteiger partial charge on any atom is -0.462 e. The molecule has 3 aromatic rings. The summed E-state index contributed by atoms with van der Waals surface area (Å²) in [6.07, 6.45) is 4.37. The van der Waals surface area contributed by atoms with Crippen LogP contribution in [0.3, 0.4) is 0 Å². The lowest BCUT2D eigenvalue weighted by Gasteiger charge is -2.55. The summed E-state index contributed by atoms with van der Waals surface area (Å²) < 4.78 is 11.5. The van der Waals surface area contributed by atoms with Crippen molar-refractivity contribution in [2.24, 2.45) is 11.8 Å². The summed E-state index contributed by atoms with van der Waals surface area (Å²) in [6.45, 7) is 5.71. The molecule has 41 heavy (non-hydrogen) atoms. The third-order valence-electron chi connectivity index (χ3n) is 9.16. The number of hydrogen-bond donors (Lipinski definition) is 1. The van der Waals surface area contributed by atoms with Crippen LogP contribution in [0.25, 0.3) is 10.8 Å². The minimum absolute atomic E-state index is 0.0558. The minimum atomic E-state index is -0.364. The van der Waals surface area contributed by atoms with Crippen LogP contribution in [0.5, 0.6) is 5.75 Å². The first-order chi connectivity index (χ1) is 19.8. The van der Waals surface area contributed by atoms with Crippen LogP contribution >= 0.6 is 0 Å². The van der Waals surface area contributed by atoms with Gasteiger partial charge in [-0.1, -0.05) is 42.5 Å². The summed E-state index contributed by atoms with van der Waals surface area (Å²) >= 11 is 0. The molecule has 1 unspecified atom stereocenters.